The van der Waals surface area contributed by atoms with Gasteiger partial charge >= 0.3 is 5.97 Å². The van der Waals surface area contributed by atoms with Crippen molar-refractivity contribution in [2.75, 3.05) is 6.54 Å². The van der Waals surface area contributed by atoms with Crippen LogP contribution in [0.4, 0.5) is 5.69 Å². The van der Waals surface area contributed by atoms with E-state index in [4.69, 9.17) is 5.11 Å². The predicted octanol–water partition coefficient (Wildman–Crippen LogP) is -0.122. The van der Waals surface area contributed by atoms with Gasteiger partial charge in [-0.2, -0.15) is 0 Å². The van der Waals surface area contributed by atoms with Gasteiger partial charge in [0.1, 0.15) is 5.56 Å². The Bertz CT molecular complexity index is 646. The minimum absolute atomic E-state index is 0.108. The van der Waals surface area contributed by atoms with Crippen LogP contribution in [-0.2, 0) is 4.79 Å². The molecule has 1 saturated carbocycles. The lowest BCUT2D eigenvalue weighted by Gasteiger charge is -2.10. The zero-order valence-electron chi connectivity index (χ0n) is 10.2. The number of aliphatic carboxylic acids is 1. The minimum Gasteiger partial charge on any atom is -0.481 e. The Kier molecular flexibility index (Phi) is 3.26. The Morgan fingerprint density at radius 1 is 1.50 bits per heavy atom. The molecule has 1 fully saturated rings. The Hall–Kier alpha value is -2.71. The van der Waals surface area contributed by atoms with Crippen molar-refractivity contribution < 1.29 is 19.6 Å². The molecule has 20 heavy (non-hydrogen) atoms. The van der Waals surface area contributed by atoms with Crippen LogP contribution in [0.5, 0.6) is 0 Å². The first kappa shape index (κ1) is 13.7. The monoisotopic (exact) mass is 281 g/mol. The quantitative estimate of drug-likeness (QED) is 0.507. The molecule has 1 aromatic heterocycles. The van der Waals surface area contributed by atoms with Gasteiger partial charge in [0.15, 0.2) is 0 Å². The van der Waals surface area contributed by atoms with Gasteiger partial charge in [0.05, 0.1) is 16.5 Å². The lowest BCUT2D eigenvalue weighted by molar-refractivity contribution is -0.385. The van der Waals surface area contributed by atoms with Gasteiger partial charge in [0.2, 0.25) is 0 Å². The molecule has 3 N–H and O–H groups in total. The maximum atomic E-state index is 11.8. The number of carbonyl (C=O) groups is 2. The number of nitrogens with one attached hydrogen (secondary N) is 2. The number of amides is 1. The number of carboxylic acid groups (broad SMARTS) is 1. The molecule has 0 saturated heterocycles. The van der Waals surface area contributed by atoms with Gasteiger partial charge in [0.25, 0.3) is 17.2 Å². The standard InChI is InChI=1S/C11H11N3O6/c15-8-7(3-6(4-12-8)14(19)20)9(16)13-5-11(1-2-11)10(17)18/h3-4H,1-2,5H2,(H,12,15)(H,13,16)(H,17,18). The lowest BCUT2D eigenvalue weighted by Crippen LogP contribution is -2.36. The smallest absolute Gasteiger partial charge is 0.311 e. The third-order valence-electron chi connectivity index (χ3n) is 3.24. The van der Waals surface area contributed by atoms with E-state index in [0.717, 1.165) is 12.3 Å². The summed E-state index contributed by atoms with van der Waals surface area (Å²) in [6.45, 7) is -0.108. The summed E-state index contributed by atoms with van der Waals surface area (Å²) in [6.07, 6.45) is 1.79. The highest BCUT2D eigenvalue weighted by Gasteiger charge is 2.50. The molecular weight excluding hydrogens is 270 g/mol. The van der Waals surface area contributed by atoms with Gasteiger partial charge in [-0.25, -0.2) is 0 Å². The van der Waals surface area contributed by atoms with E-state index in [1.54, 1.807) is 0 Å². The number of carboxylic acids is 1. The van der Waals surface area contributed by atoms with E-state index in [9.17, 15) is 24.5 Å². The number of aromatic amines is 1. The summed E-state index contributed by atoms with van der Waals surface area (Å²) in [6, 6.07) is 0.856. The third-order valence-corrected chi connectivity index (χ3v) is 3.24. The first-order valence-electron chi connectivity index (χ1n) is 5.74. The van der Waals surface area contributed by atoms with E-state index in [0.29, 0.717) is 12.8 Å². The third kappa shape index (κ3) is 2.51. The fourth-order valence-electron chi connectivity index (χ4n) is 1.71. The average Bonchev–Trinajstić information content (AvgIpc) is 3.17. The van der Waals surface area contributed by atoms with Gasteiger partial charge < -0.3 is 15.4 Å². The molecule has 1 aromatic rings. The number of carbonyl (C=O) groups excluding carboxylic acids is 1. The molecule has 0 aromatic carbocycles. The van der Waals surface area contributed by atoms with Crippen LogP contribution >= 0.6 is 0 Å². The predicted molar refractivity (Wildman–Crippen MR) is 65.4 cm³/mol. The number of nitrogens with zero attached hydrogens (tertiary/aromatic N) is 1. The van der Waals surface area contributed by atoms with E-state index >= 15 is 0 Å². The van der Waals surface area contributed by atoms with Crippen LogP contribution in [0.25, 0.3) is 0 Å². The topological polar surface area (TPSA) is 142 Å². The van der Waals surface area contributed by atoms with Crippen molar-refractivity contribution in [1.82, 2.24) is 10.3 Å². The van der Waals surface area contributed by atoms with Crippen molar-refractivity contribution in [3.05, 3.63) is 38.3 Å². The molecule has 0 spiro atoms. The Morgan fingerprint density at radius 3 is 2.65 bits per heavy atom. The van der Waals surface area contributed by atoms with Crippen molar-refractivity contribution in [3.63, 3.8) is 0 Å². The summed E-state index contributed by atoms with van der Waals surface area (Å²) in [5.74, 6) is -1.84. The van der Waals surface area contributed by atoms with Crippen LogP contribution in [0.3, 0.4) is 0 Å². The van der Waals surface area contributed by atoms with E-state index in [1.165, 1.54) is 0 Å². The molecule has 1 aliphatic carbocycles. The lowest BCUT2D eigenvalue weighted by atomic mass is 10.1. The van der Waals surface area contributed by atoms with Crippen LogP contribution in [0.15, 0.2) is 17.1 Å². The average molecular weight is 281 g/mol. The summed E-state index contributed by atoms with van der Waals surface area (Å²) in [5.41, 5.74) is -2.58. The highest BCUT2D eigenvalue weighted by Crippen LogP contribution is 2.45. The molecule has 2 rings (SSSR count). The molecule has 106 valence electrons. The molecule has 1 heterocycles. The molecule has 1 amide bonds. The number of rotatable bonds is 5. The van der Waals surface area contributed by atoms with E-state index in [2.05, 4.69) is 10.3 Å². The second-order valence-corrected chi connectivity index (χ2v) is 4.63. The summed E-state index contributed by atoms with van der Waals surface area (Å²) in [7, 11) is 0. The minimum atomic E-state index is -1.01. The molecule has 9 nitrogen and oxygen atoms in total. The fourth-order valence-corrected chi connectivity index (χ4v) is 1.71. The largest absolute Gasteiger partial charge is 0.481 e. The van der Waals surface area contributed by atoms with Crippen molar-refractivity contribution in [3.8, 4) is 0 Å². The van der Waals surface area contributed by atoms with Crippen LogP contribution in [0.1, 0.15) is 23.2 Å². The number of nitro groups is 1. The van der Waals surface area contributed by atoms with Gasteiger partial charge in [0, 0.05) is 12.6 Å². The van der Waals surface area contributed by atoms with Crippen molar-refractivity contribution in [1.29, 1.82) is 0 Å². The van der Waals surface area contributed by atoms with Gasteiger partial charge in [-0.3, -0.25) is 24.5 Å². The number of H-pyrrole nitrogens is 1. The molecule has 0 bridgehead atoms. The van der Waals surface area contributed by atoms with Gasteiger partial charge in [-0.1, -0.05) is 0 Å². The second-order valence-electron chi connectivity index (χ2n) is 4.63. The van der Waals surface area contributed by atoms with Crippen LogP contribution < -0.4 is 10.9 Å². The maximum Gasteiger partial charge on any atom is 0.311 e. The zero-order valence-corrected chi connectivity index (χ0v) is 10.2. The van der Waals surface area contributed by atoms with Crippen molar-refractivity contribution in [2.24, 2.45) is 5.41 Å². The van der Waals surface area contributed by atoms with Crippen molar-refractivity contribution in [2.45, 2.75) is 12.8 Å². The van der Waals surface area contributed by atoms with Crippen molar-refractivity contribution >= 4 is 17.6 Å². The van der Waals surface area contributed by atoms with Crippen LogP contribution in [-0.4, -0.2) is 33.4 Å². The zero-order chi connectivity index (χ0) is 14.9. The molecule has 0 aliphatic heterocycles. The highest BCUT2D eigenvalue weighted by molar-refractivity contribution is 5.94. The first-order chi connectivity index (χ1) is 9.35. The number of hydrogen-bond acceptors (Lipinski definition) is 5. The summed E-state index contributed by atoms with van der Waals surface area (Å²) >= 11 is 0. The SMILES string of the molecule is O=C(NCC1(C(=O)O)CC1)c1cc([N+](=O)[O-])c[nH]c1=O. The van der Waals surface area contributed by atoms with Gasteiger partial charge in [-0.05, 0) is 12.8 Å². The Morgan fingerprint density at radius 2 is 2.15 bits per heavy atom. The molecule has 1 aliphatic rings. The molecule has 0 radical (unpaired) electrons. The number of hydrogen-bond donors (Lipinski definition) is 3. The summed E-state index contributed by atoms with van der Waals surface area (Å²) < 4.78 is 0. The normalized spacial score (nSPS) is 15.4. The van der Waals surface area contributed by atoms with Crippen LogP contribution in [0.2, 0.25) is 0 Å². The van der Waals surface area contributed by atoms with Crippen LogP contribution in [0, 0.1) is 15.5 Å². The van der Waals surface area contributed by atoms with E-state index in [-0.39, 0.29) is 6.54 Å². The first-order valence-corrected chi connectivity index (χ1v) is 5.74. The number of aromatic nitrogens is 1. The maximum absolute atomic E-state index is 11.8. The molecule has 0 unspecified atom stereocenters. The second kappa shape index (κ2) is 4.76. The number of pyridine rings is 1. The Labute approximate surface area is 111 Å². The van der Waals surface area contributed by atoms with E-state index in [1.807, 2.05) is 0 Å². The summed E-state index contributed by atoms with van der Waals surface area (Å²) in [5, 5.41) is 21.9. The van der Waals surface area contributed by atoms with Gasteiger partial charge in [-0.15, -0.1) is 0 Å². The Balaban J connectivity index is 2.13. The highest BCUT2D eigenvalue weighted by atomic mass is 16.6. The molecule has 9 heteroatoms. The summed E-state index contributed by atoms with van der Waals surface area (Å²) in [4.78, 5) is 46.1. The van der Waals surface area contributed by atoms with E-state index < -0.39 is 39.0 Å². The molecule has 0 atom stereocenters. The molecular formula is C11H11N3O6. The fraction of sp³-hybridized carbons (Fsp3) is 0.364.